The first-order valence-corrected chi connectivity index (χ1v) is 14.7. The second-order valence-corrected chi connectivity index (χ2v) is 11.3. The van der Waals surface area contributed by atoms with E-state index < -0.39 is 0 Å². The Morgan fingerprint density at radius 3 is 2.08 bits per heavy atom. The minimum absolute atomic E-state index is 0.0156. The molecule has 198 valence electrons. The van der Waals surface area contributed by atoms with Crippen LogP contribution in [0.5, 0.6) is 5.75 Å². The Morgan fingerprint density at radius 1 is 0.865 bits per heavy atom. The molecule has 1 aromatic heterocycles. The number of unbranched alkanes of at least 4 members (excludes halogenated alkanes) is 5. The number of hydrogen-bond acceptors (Lipinski definition) is 5. The molecule has 0 aliphatic heterocycles. The SMILES string of the molecule is CCCCCCCCC1CCC(C2CCC(C(=O)Oc3ccc(-c4ncc(C#N)cn4)cc3)CC2)CC1. The molecule has 2 aliphatic carbocycles. The van der Waals surface area contributed by atoms with Crippen molar-refractivity contribution in [3.05, 3.63) is 42.2 Å². The van der Waals surface area contributed by atoms with Crippen molar-refractivity contribution in [2.75, 3.05) is 0 Å². The Kier molecular flexibility index (Phi) is 10.5. The lowest BCUT2D eigenvalue weighted by molar-refractivity contribution is -0.140. The lowest BCUT2D eigenvalue weighted by Crippen LogP contribution is -2.30. The maximum Gasteiger partial charge on any atom is 0.314 e. The highest BCUT2D eigenvalue weighted by molar-refractivity contribution is 5.75. The van der Waals surface area contributed by atoms with Gasteiger partial charge in [0.2, 0.25) is 0 Å². The van der Waals surface area contributed by atoms with Gasteiger partial charge in [-0.1, -0.05) is 64.7 Å². The zero-order valence-electron chi connectivity index (χ0n) is 22.5. The largest absolute Gasteiger partial charge is 0.426 e. The van der Waals surface area contributed by atoms with Crippen LogP contribution in [0.3, 0.4) is 0 Å². The summed E-state index contributed by atoms with van der Waals surface area (Å²) in [4.78, 5) is 21.3. The molecule has 0 spiro atoms. The number of hydrogen-bond donors (Lipinski definition) is 0. The van der Waals surface area contributed by atoms with Gasteiger partial charge in [0.25, 0.3) is 0 Å². The molecule has 5 nitrogen and oxygen atoms in total. The second-order valence-electron chi connectivity index (χ2n) is 11.3. The van der Waals surface area contributed by atoms with Crippen molar-refractivity contribution in [3.8, 4) is 23.2 Å². The summed E-state index contributed by atoms with van der Waals surface area (Å²) >= 11 is 0. The highest BCUT2D eigenvalue weighted by Gasteiger charge is 2.33. The normalized spacial score (nSPS) is 23.8. The second kappa shape index (κ2) is 14.3. The van der Waals surface area contributed by atoms with Gasteiger partial charge in [-0.3, -0.25) is 4.79 Å². The summed E-state index contributed by atoms with van der Waals surface area (Å²) in [5.41, 5.74) is 1.26. The lowest BCUT2D eigenvalue weighted by atomic mass is 9.68. The van der Waals surface area contributed by atoms with E-state index in [1.54, 1.807) is 12.1 Å². The molecule has 5 heteroatoms. The number of ether oxygens (including phenoxy) is 1. The van der Waals surface area contributed by atoms with Crippen molar-refractivity contribution in [1.82, 2.24) is 9.97 Å². The van der Waals surface area contributed by atoms with Crippen molar-refractivity contribution in [3.63, 3.8) is 0 Å². The van der Waals surface area contributed by atoms with Crippen LogP contribution in [0.25, 0.3) is 11.4 Å². The Balaban J connectivity index is 1.14. The van der Waals surface area contributed by atoms with E-state index in [1.807, 2.05) is 18.2 Å². The van der Waals surface area contributed by atoms with Crippen LogP contribution < -0.4 is 4.74 Å². The molecule has 1 aromatic carbocycles. The Bertz CT molecular complexity index is 996. The first-order chi connectivity index (χ1) is 18.2. The van der Waals surface area contributed by atoms with E-state index in [2.05, 4.69) is 16.9 Å². The summed E-state index contributed by atoms with van der Waals surface area (Å²) in [5.74, 6) is 3.66. The fourth-order valence-electron chi connectivity index (χ4n) is 6.39. The van der Waals surface area contributed by atoms with E-state index in [9.17, 15) is 4.79 Å². The minimum atomic E-state index is -0.0940. The number of nitriles is 1. The van der Waals surface area contributed by atoms with Crippen molar-refractivity contribution >= 4 is 5.97 Å². The van der Waals surface area contributed by atoms with Crippen LogP contribution in [0.15, 0.2) is 36.7 Å². The fourth-order valence-corrected chi connectivity index (χ4v) is 6.39. The minimum Gasteiger partial charge on any atom is -0.426 e. The molecular formula is C32H43N3O2. The molecule has 2 aromatic rings. The summed E-state index contributed by atoms with van der Waals surface area (Å²) in [6, 6.07) is 9.31. The molecule has 0 N–H and O–H groups in total. The Labute approximate surface area is 223 Å². The summed E-state index contributed by atoms with van der Waals surface area (Å²) in [6.07, 6.45) is 22.8. The van der Waals surface area contributed by atoms with Gasteiger partial charge in [-0.15, -0.1) is 0 Å². The monoisotopic (exact) mass is 501 g/mol. The molecule has 0 saturated heterocycles. The van der Waals surface area contributed by atoms with Crippen molar-refractivity contribution < 1.29 is 9.53 Å². The highest BCUT2D eigenvalue weighted by atomic mass is 16.5. The molecule has 37 heavy (non-hydrogen) atoms. The first kappa shape index (κ1) is 27.3. The number of nitrogens with zero attached hydrogens (tertiary/aromatic N) is 3. The molecular weight excluding hydrogens is 458 g/mol. The van der Waals surface area contributed by atoms with Gasteiger partial charge in [0.15, 0.2) is 5.82 Å². The molecule has 0 amide bonds. The number of carbonyl (C=O) groups excluding carboxylic acids is 1. The molecule has 0 radical (unpaired) electrons. The molecule has 2 saturated carbocycles. The third kappa shape index (κ3) is 8.12. The average molecular weight is 502 g/mol. The molecule has 0 atom stereocenters. The third-order valence-electron chi connectivity index (χ3n) is 8.74. The molecule has 0 unspecified atom stereocenters. The summed E-state index contributed by atoms with van der Waals surface area (Å²) in [7, 11) is 0. The predicted octanol–water partition coefficient (Wildman–Crippen LogP) is 8.28. The zero-order chi connectivity index (χ0) is 25.9. The highest BCUT2D eigenvalue weighted by Crippen LogP contribution is 2.42. The average Bonchev–Trinajstić information content (AvgIpc) is 2.96. The van der Waals surface area contributed by atoms with Gasteiger partial charge in [-0.2, -0.15) is 5.26 Å². The maximum atomic E-state index is 12.8. The number of carbonyl (C=O) groups is 1. The molecule has 2 fully saturated rings. The van der Waals surface area contributed by atoms with E-state index in [0.29, 0.717) is 17.1 Å². The number of esters is 1. The van der Waals surface area contributed by atoms with Crippen molar-refractivity contribution in [2.24, 2.45) is 23.7 Å². The summed E-state index contributed by atoms with van der Waals surface area (Å²) in [6.45, 7) is 2.29. The van der Waals surface area contributed by atoms with Crippen LogP contribution in [0.1, 0.15) is 109 Å². The molecule has 4 rings (SSSR count). The first-order valence-electron chi connectivity index (χ1n) is 14.7. The van der Waals surface area contributed by atoms with Crippen LogP contribution in [-0.4, -0.2) is 15.9 Å². The number of aromatic nitrogens is 2. The Morgan fingerprint density at radius 2 is 1.46 bits per heavy atom. The fraction of sp³-hybridized carbons (Fsp3) is 0.625. The van der Waals surface area contributed by atoms with Gasteiger partial charge >= 0.3 is 5.97 Å². The summed E-state index contributed by atoms with van der Waals surface area (Å²) in [5, 5.41) is 8.89. The van der Waals surface area contributed by atoms with Gasteiger partial charge < -0.3 is 4.74 Å². The number of rotatable bonds is 11. The Hall–Kier alpha value is -2.74. The smallest absolute Gasteiger partial charge is 0.314 e. The van der Waals surface area contributed by atoms with E-state index >= 15 is 0 Å². The van der Waals surface area contributed by atoms with Crippen LogP contribution in [0.4, 0.5) is 0 Å². The van der Waals surface area contributed by atoms with E-state index in [-0.39, 0.29) is 11.9 Å². The van der Waals surface area contributed by atoms with Crippen LogP contribution in [0.2, 0.25) is 0 Å². The molecule has 2 aliphatic rings. The van der Waals surface area contributed by atoms with Gasteiger partial charge in [-0.25, -0.2) is 9.97 Å². The number of benzene rings is 1. The van der Waals surface area contributed by atoms with Crippen LogP contribution in [-0.2, 0) is 4.79 Å². The van der Waals surface area contributed by atoms with Crippen LogP contribution >= 0.6 is 0 Å². The topological polar surface area (TPSA) is 75.9 Å². The summed E-state index contributed by atoms with van der Waals surface area (Å²) < 4.78 is 5.72. The van der Waals surface area contributed by atoms with Gasteiger partial charge in [0.1, 0.15) is 11.8 Å². The molecule has 1 heterocycles. The quantitative estimate of drug-likeness (QED) is 0.176. The van der Waals surface area contributed by atoms with Crippen molar-refractivity contribution in [2.45, 2.75) is 103 Å². The lowest BCUT2D eigenvalue weighted by Gasteiger charge is -2.37. The van der Waals surface area contributed by atoms with E-state index in [0.717, 1.165) is 36.2 Å². The van der Waals surface area contributed by atoms with Crippen molar-refractivity contribution in [1.29, 1.82) is 5.26 Å². The van der Waals surface area contributed by atoms with Crippen LogP contribution in [0, 0.1) is 35.0 Å². The van der Waals surface area contributed by atoms with E-state index in [1.165, 1.54) is 95.9 Å². The third-order valence-corrected chi connectivity index (χ3v) is 8.74. The van der Waals surface area contributed by atoms with Gasteiger partial charge in [0, 0.05) is 18.0 Å². The standard InChI is InChI=1S/C32H43N3O2/c1-2-3-4-5-6-7-8-24-9-11-26(12-10-24)27-13-15-29(16-14-27)32(36)37-30-19-17-28(18-20-30)31-34-22-25(21-33)23-35-31/h17-20,22-24,26-27,29H,2-16H2,1H3. The zero-order valence-corrected chi connectivity index (χ0v) is 22.5. The van der Waals surface area contributed by atoms with Gasteiger partial charge in [0.05, 0.1) is 11.5 Å². The van der Waals surface area contributed by atoms with E-state index in [4.69, 9.17) is 10.00 Å². The predicted molar refractivity (Wildman–Crippen MR) is 147 cm³/mol. The maximum absolute atomic E-state index is 12.8. The molecule has 0 bridgehead atoms. The van der Waals surface area contributed by atoms with Gasteiger partial charge in [-0.05, 0) is 80.5 Å².